The number of ketones is 1. The van der Waals surface area contributed by atoms with Crippen molar-refractivity contribution in [3.63, 3.8) is 0 Å². The zero-order valence-corrected chi connectivity index (χ0v) is 15.3. The van der Waals surface area contributed by atoms with Gasteiger partial charge >= 0.3 is 0 Å². The second-order valence-electron chi connectivity index (χ2n) is 5.38. The first-order valence-electron chi connectivity index (χ1n) is 7.60. The molecule has 0 radical (unpaired) electrons. The molecule has 1 aliphatic rings. The summed E-state index contributed by atoms with van der Waals surface area (Å²) in [6, 6.07) is 0. The van der Waals surface area contributed by atoms with E-state index in [9.17, 15) is 4.79 Å². The number of hydrogen-bond acceptors (Lipinski definition) is 10. The van der Waals surface area contributed by atoms with Crippen LogP contribution in [0.2, 0.25) is 0 Å². The first-order valence-corrected chi connectivity index (χ1v) is 7.60. The van der Waals surface area contributed by atoms with Crippen molar-refractivity contribution >= 4 is 11.5 Å². The third kappa shape index (κ3) is 23.0. The number of rotatable bonds is 5. The van der Waals surface area contributed by atoms with E-state index in [1.165, 1.54) is 13.8 Å². The quantitative estimate of drug-likeness (QED) is 0.274. The molecule has 25 heavy (non-hydrogen) atoms. The highest BCUT2D eigenvalue weighted by molar-refractivity contribution is 5.84. The fourth-order valence-corrected chi connectivity index (χ4v) is 0.867. The summed E-state index contributed by atoms with van der Waals surface area (Å²) in [5.74, 6) is -0.190. The van der Waals surface area contributed by atoms with Gasteiger partial charge in [0.05, 0.1) is 39.1 Å². The van der Waals surface area contributed by atoms with Crippen molar-refractivity contribution in [2.75, 3.05) is 39.6 Å². The SMILES string of the molecule is CC(=O)CO.CC(O)CO.CC1=NC(C)(CO)OC1.OCC(O)CO. The van der Waals surface area contributed by atoms with Gasteiger partial charge in [0.2, 0.25) is 0 Å². The average molecular weight is 371 g/mol. The van der Waals surface area contributed by atoms with Crippen molar-refractivity contribution in [2.24, 2.45) is 4.99 Å². The Kier molecular flexibility index (Phi) is 20.5. The van der Waals surface area contributed by atoms with Gasteiger partial charge in [0, 0.05) is 5.71 Å². The molecule has 2 unspecified atom stereocenters. The number of aliphatic hydroxyl groups excluding tert-OH is 7. The van der Waals surface area contributed by atoms with Gasteiger partial charge in [-0.2, -0.15) is 0 Å². The van der Waals surface area contributed by atoms with Crippen molar-refractivity contribution in [3.05, 3.63) is 0 Å². The van der Waals surface area contributed by atoms with Gasteiger partial charge in [0.1, 0.15) is 12.7 Å². The molecule has 0 aromatic rings. The lowest BCUT2D eigenvalue weighted by Gasteiger charge is -2.15. The number of ether oxygens (including phenoxy) is 1. The molecule has 0 aromatic carbocycles. The van der Waals surface area contributed by atoms with E-state index >= 15 is 0 Å². The minimum absolute atomic E-state index is 0.0374. The highest BCUT2D eigenvalue weighted by Gasteiger charge is 2.27. The van der Waals surface area contributed by atoms with Crippen LogP contribution in [-0.2, 0) is 9.53 Å². The van der Waals surface area contributed by atoms with Gasteiger partial charge in [-0.05, 0) is 27.7 Å². The Hall–Kier alpha value is -0.980. The molecule has 0 aromatic heterocycles. The minimum Gasteiger partial charge on any atom is -0.394 e. The average Bonchev–Trinajstić information content (AvgIpc) is 2.95. The summed E-state index contributed by atoms with van der Waals surface area (Å²) >= 11 is 0. The van der Waals surface area contributed by atoms with Crippen LogP contribution < -0.4 is 0 Å². The molecule has 10 nitrogen and oxygen atoms in total. The first-order chi connectivity index (χ1) is 11.5. The van der Waals surface area contributed by atoms with Gasteiger partial charge in [-0.3, -0.25) is 9.79 Å². The number of carbonyl (C=O) groups is 1. The van der Waals surface area contributed by atoms with E-state index in [-0.39, 0.29) is 38.8 Å². The van der Waals surface area contributed by atoms with E-state index in [1.54, 1.807) is 6.92 Å². The standard InChI is InChI=1S/C6H11NO2.C3H8O3.C3H8O2.C3H6O2/c1-5-3-9-6(2,4-8)7-5;4-1-3(6)2-5;2*1-3(5)2-4/h8H,3-4H2,1-2H3;3-6H,1-2H2;3-5H,2H2,1H3;4H,2H2,1H3. The lowest BCUT2D eigenvalue weighted by Crippen LogP contribution is -2.26. The van der Waals surface area contributed by atoms with Crippen LogP contribution in [0, 0.1) is 0 Å². The highest BCUT2D eigenvalue weighted by atomic mass is 16.5. The van der Waals surface area contributed by atoms with Crippen molar-refractivity contribution < 1.29 is 45.3 Å². The van der Waals surface area contributed by atoms with Gasteiger partial charge in [0.15, 0.2) is 11.5 Å². The van der Waals surface area contributed by atoms with Crippen LogP contribution in [0.5, 0.6) is 0 Å². The van der Waals surface area contributed by atoms with Crippen molar-refractivity contribution in [1.82, 2.24) is 0 Å². The summed E-state index contributed by atoms with van der Waals surface area (Å²) in [6.07, 6.45) is -1.51. The highest BCUT2D eigenvalue weighted by Crippen LogP contribution is 2.17. The zero-order valence-electron chi connectivity index (χ0n) is 15.3. The van der Waals surface area contributed by atoms with Crippen molar-refractivity contribution in [2.45, 2.75) is 45.6 Å². The second-order valence-corrected chi connectivity index (χ2v) is 5.38. The molecule has 0 fully saturated rings. The maximum absolute atomic E-state index is 9.56. The molecule has 1 rings (SSSR count). The Balaban J connectivity index is -0.000000270. The molecule has 0 aliphatic carbocycles. The number of nitrogens with zero attached hydrogens (tertiary/aromatic N) is 1. The predicted molar refractivity (Wildman–Crippen MR) is 91.3 cm³/mol. The molecule has 2 atom stereocenters. The number of carbonyl (C=O) groups excluding carboxylic acids is 1. The van der Waals surface area contributed by atoms with E-state index in [0.29, 0.717) is 6.61 Å². The molecule has 1 aliphatic heterocycles. The van der Waals surface area contributed by atoms with Crippen LogP contribution in [0.15, 0.2) is 4.99 Å². The zero-order chi connectivity index (χ0) is 20.5. The largest absolute Gasteiger partial charge is 0.394 e. The van der Waals surface area contributed by atoms with Gasteiger partial charge in [0.25, 0.3) is 0 Å². The van der Waals surface area contributed by atoms with Crippen LogP contribution in [0.25, 0.3) is 0 Å². The van der Waals surface area contributed by atoms with E-state index in [2.05, 4.69) is 4.99 Å². The molecule has 0 saturated heterocycles. The van der Waals surface area contributed by atoms with E-state index in [1.807, 2.05) is 6.92 Å². The van der Waals surface area contributed by atoms with Crippen LogP contribution in [0.1, 0.15) is 27.7 Å². The number of Topliss-reactive ketones (excluding diaryl/α,β-unsaturated/α-hetero) is 1. The smallest absolute Gasteiger partial charge is 0.179 e. The monoisotopic (exact) mass is 371 g/mol. The summed E-state index contributed by atoms with van der Waals surface area (Å²) in [4.78, 5) is 13.6. The van der Waals surface area contributed by atoms with Gasteiger partial charge < -0.3 is 40.5 Å². The lowest BCUT2D eigenvalue weighted by atomic mass is 10.3. The van der Waals surface area contributed by atoms with Crippen molar-refractivity contribution in [3.8, 4) is 0 Å². The summed E-state index contributed by atoms with van der Waals surface area (Å²) in [6.45, 7) is 5.83. The first kappa shape index (κ1) is 28.8. The maximum atomic E-state index is 9.56. The topological polar surface area (TPSA) is 180 Å². The van der Waals surface area contributed by atoms with Crippen LogP contribution >= 0.6 is 0 Å². The molecule has 7 N–H and O–H groups in total. The van der Waals surface area contributed by atoms with Crippen LogP contribution in [-0.4, -0.2) is 105 Å². The summed E-state index contributed by atoms with van der Waals surface area (Å²) in [5.41, 5.74) is 0.302. The molecular weight excluding hydrogens is 338 g/mol. The fourth-order valence-electron chi connectivity index (χ4n) is 0.867. The minimum atomic E-state index is -0.954. The molecule has 0 bridgehead atoms. The van der Waals surface area contributed by atoms with E-state index in [4.69, 9.17) is 40.5 Å². The van der Waals surface area contributed by atoms with Gasteiger partial charge in [-0.1, -0.05) is 0 Å². The van der Waals surface area contributed by atoms with Crippen molar-refractivity contribution in [1.29, 1.82) is 0 Å². The Morgan fingerprint density at radius 2 is 1.56 bits per heavy atom. The van der Waals surface area contributed by atoms with Gasteiger partial charge in [-0.15, -0.1) is 0 Å². The maximum Gasteiger partial charge on any atom is 0.179 e. The summed E-state index contributed by atoms with van der Waals surface area (Å²) in [5, 5.41) is 56.5. The molecule has 10 heteroatoms. The fraction of sp³-hybridized carbons (Fsp3) is 0.867. The summed E-state index contributed by atoms with van der Waals surface area (Å²) in [7, 11) is 0. The predicted octanol–water partition coefficient (Wildman–Crippen LogP) is -2.55. The molecule has 0 amide bonds. The molecule has 0 saturated carbocycles. The molecular formula is C15H33NO9. The molecule has 1 heterocycles. The Bertz CT molecular complexity index is 346. The Labute approximate surface area is 148 Å². The van der Waals surface area contributed by atoms with Gasteiger partial charge in [-0.25, -0.2) is 0 Å². The molecule has 152 valence electrons. The summed E-state index contributed by atoms with van der Waals surface area (Å²) < 4.78 is 5.15. The third-order valence-corrected chi connectivity index (χ3v) is 2.22. The van der Waals surface area contributed by atoms with Crippen LogP contribution in [0.3, 0.4) is 0 Å². The van der Waals surface area contributed by atoms with E-state index < -0.39 is 17.9 Å². The van der Waals surface area contributed by atoms with Crippen LogP contribution in [0.4, 0.5) is 0 Å². The number of aliphatic hydroxyl groups is 7. The Morgan fingerprint density at radius 1 is 1.16 bits per heavy atom. The second kappa shape index (κ2) is 17.8. The third-order valence-electron chi connectivity index (χ3n) is 2.22. The number of hydrogen-bond donors (Lipinski definition) is 7. The number of aliphatic imine (C=N–C) groups is 1. The van der Waals surface area contributed by atoms with E-state index in [0.717, 1.165) is 5.71 Å². The molecule has 0 spiro atoms. The normalized spacial score (nSPS) is 19.4. The Morgan fingerprint density at radius 3 is 1.64 bits per heavy atom. The lowest BCUT2D eigenvalue weighted by molar-refractivity contribution is -0.119.